The molecule has 1 aromatic heterocycles. The lowest BCUT2D eigenvalue weighted by atomic mass is 10.2. The predicted molar refractivity (Wildman–Crippen MR) is 67.6 cm³/mol. The molecule has 1 fully saturated rings. The molecule has 0 saturated carbocycles. The molecule has 8 nitrogen and oxygen atoms in total. The van der Waals surface area contributed by atoms with Crippen molar-refractivity contribution in [2.45, 2.75) is 31.6 Å². The molecule has 2 rings (SSSR count). The number of anilines is 1. The van der Waals surface area contributed by atoms with E-state index in [-0.39, 0.29) is 24.5 Å². The van der Waals surface area contributed by atoms with Crippen LogP contribution in [-0.4, -0.2) is 31.6 Å². The van der Waals surface area contributed by atoms with Crippen LogP contribution in [0.25, 0.3) is 0 Å². The van der Waals surface area contributed by atoms with Gasteiger partial charge in [-0.05, 0) is 25.3 Å². The molecule has 0 spiro atoms. The molecule has 0 amide bonds. The van der Waals surface area contributed by atoms with E-state index in [4.69, 9.17) is 20.3 Å². The van der Waals surface area contributed by atoms with Gasteiger partial charge in [0.05, 0.1) is 12.3 Å². The minimum absolute atomic E-state index is 0.150. The van der Waals surface area contributed by atoms with Crippen molar-refractivity contribution in [3.05, 3.63) is 22.7 Å². The standard InChI is InChI=1S/C10H16N3O5P/c11-8-3-5-13(10(14)12-8)9-2-1-7(18-9)4-6-19(15,16)17/h3,5,7,9H,1-2,4,6H2,(H2,11,12,14)(H2,15,16,17)/t7-,9+/m0/s1. The molecule has 0 aromatic carbocycles. The molecule has 1 aromatic rings. The number of nitrogen functional groups attached to an aromatic ring is 1. The Morgan fingerprint density at radius 3 is 2.89 bits per heavy atom. The fourth-order valence-electron chi connectivity index (χ4n) is 2.06. The highest BCUT2D eigenvalue weighted by atomic mass is 31.2. The van der Waals surface area contributed by atoms with E-state index in [2.05, 4.69) is 4.98 Å². The average Bonchev–Trinajstić information content (AvgIpc) is 2.74. The summed E-state index contributed by atoms with van der Waals surface area (Å²) in [6.07, 6.45) is 2.15. The SMILES string of the molecule is Nc1ccn([C@H]2CC[C@@H](CCP(=O)(O)O)O2)c(=O)n1. The van der Waals surface area contributed by atoms with Gasteiger partial charge in [0, 0.05) is 6.20 Å². The Hall–Kier alpha value is -1.21. The molecule has 19 heavy (non-hydrogen) atoms. The normalized spacial score (nSPS) is 23.7. The summed E-state index contributed by atoms with van der Waals surface area (Å²) in [4.78, 5) is 32.9. The third kappa shape index (κ3) is 3.87. The summed E-state index contributed by atoms with van der Waals surface area (Å²) in [7, 11) is -4.00. The van der Waals surface area contributed by atoms with Crippen LogP contribution < -0.4 is 11.4 Å². The summed E-state index contributed by atoms with van der Waals surface area (Å²) in [6.45, 7) is 0. The zero-order valence-corrected chi connectivity index (χ0v) is 11.1. The summed E-state index contributed by atoms with van der Waals surface area (Å²) in [5.41, 5.74) is 4.91. The van der Waals surface area contributed by atoms with Gasteiger partial charge in [-0.15, -0.1) is 0 Å². The van der Waals surface area contributed by atoms with Crippen LogP contribution >= 0.6 is 7.60 Å². The van der Waals surface area contributed by atoms with Gasteiger partial charge < -0.3 is 20.3 Å². The maximum Gasteiger partial charge on any atom is 0.351 e. The van der Waals surface area contributed by atoms with Crippen LogP contribution in [0.5, 0.6) is 0 Å². The first-order valence-corrected chi connectivity index (χ1v) is 7.69. The molecule has 9 heteroatoms. The fourth-order valence-corrected chi connectivity index (χ4v) is 2.69. The zero-order valence-electron chi connectivity index (χ0n) is 10.2. The van der Waals surface area contributed by atoms with E-state index in [1.54, 1.807) is 0 Å². The van der Waals surface area contributed by atoms with Crippen LogP contribution in [0.3, 0.4) is 0 Å². The van der Waals surface area contributed by atoms with E-state index < -0.39 is 19.5 Å². The number of nitrogens with zero attached hydrogens (tertiary/aromatic N) is 2. The minimum atomic E-state index is -4.00. The van der Waals surface area contributed by atoms with Crippen molar-refractivity contribution in [3.63, 3.8) is 0 Å². The molecule has 2 heterocycles. The van der Waals surface area contributed by atoms with Crippen LogP contribution in [0.4, 0.5) is 5.82 Å². The van der Waals surface area contributed by atoms with Crippen LogP contribution in [0.2, 0.25) is 0 Å². The molecule has 2 atom stereocenters. The number of nitrogens with two attached hydrogens (primary N) is 1. The predicted octanol–water partition coefficient (Wildman–Crippen LogP) is 0.0709. The topological polar surface area (TPSA) is 128 Å². The van der Waals surface area contributed by atoms with Crippen molar-refractivity contribution < 1.29 is 19.1 Å². The fraction of sp³-hybridized carbons (Fsp3) is 0.600. The third-order valence-corrected chi connectivity index (χ3v) is 3.83. The van der Waals surface area contributed by atoms with Gasteiger partial charge in [-0.1, -0.05) is 0 Å². The highest BCUT2D eigenvalue weighted by Gasteiger charge is 2.29. The smallest absolute Gasteiger partial charge is 0.351 e. The van der Waals surface area contributed by atoms with E-state index in [1.807, 2.05) is 0 Å². The molecule has 0 bridgehead atoms. The largest absolute Gasteiger partial charge is 0.383 e. The molecule has 1 aliphatic rings. The van der Waals surface area contributed by atoms with E-state index in [1.165, 1.54) is 16.8 Å². The maximum absolute atomic E-state index is 11.6. The highest BCUT2D eigenvalue weighted by molar-refractivity contribution is 7.51. The molecule has 106 valence electrons. The van der Waals surface area contributed by atoms with Crippen LogP contribution in [0.15, 0.2) is 17.1 Å². The molecule has 0 aliphatic carbocycles. The lowest BCUT2D eigenvalue weighted by Gasteiger charge is -2.15. The average molecular weight is 289 g/mol. The molecule has 1 aliphatic heterocycles. The first kappa shape index (κ1) is 14.2. The lowest BCUT2D eigenvalue weighted by molar-refractivity contribution is -0.00199. The van der Waals surface area contributed by atoms with Crippen LogP contribution in [0, 0.1) is 0 Å². The van der Waals surface area contributed by atoms with E-state index in [0.29, 0.717) is 12.8 Å². The Morgan fingerprint density at radius 1 is 1.53 bits per heavy atom. The molecular formula is C10H16N3O5P. The van der Waals surface area contributed by atoms with Crippen molar-refractivity contribution in [3.8, 4) is 0 Å². The number of aromatic nitrogens is 2. The van der Waals surface area contributed by atoms with E-state index in [0.717, 1.165) is 0 Å². The van der Waals surface area contributed by atoms with Crippen molar-refractivity contribution in [1.82, 2.24) is 9.55 Å². The van der Waals surface area contributed by atoms with E-state index >= 15 is 0 Å². The Morgan fingerprint density at radius 2 is 2.26 bits per heavy atom. The number of rotatable bonds is 4. The van der Waals surface area contributed by atoms with Gasteiger partial charge in [0.1, 0.15) is 12.0 Å². The lowest BCUT2D eigenvalue weighted by Crippen LogP contribution is -2.27. The second-order valence-electron chi connectivity index (χ2n) is 4.51. The Bertz CT molecular complexity index is 554. The van der Waals surface area contributed by atoms with Crippen molar-refractivity contribution >= 4 is 13.4 Å². The number of hydrogen-bond acceptors (Lipinski definition) is 5. The first-order chi connectivity index (χ1) is 8.85. The molecule has 4 N–H and O–H groups in total. The van der Waals surface area contributed by atoms with Gasteiger partial charge in [-0.3, -0.25) is 9.13 Å². The zero-order chi connectivity index (χ0) is 14.0. The van der Waals surface area contributed by atoms with Gasteiger partial charge in [-0.25, -0.2) is 4.79 Å². The molecule has 0 unspecified atom stereocenters. The highest BCUT2D eigenvalue weighted by Crippen LogP contribution is 2.38. The van der Waals surface area contributed by atoms with Crippen LogP contribution in [0.1, 0.15) is 25.5 Å². The molecule has 0 radical (unpaired) electrons. The third-order valence-electron chi connectivity index (χ3n) is 2.99. The quantitative estimate of drug-likeness (QED) is 0.669. The summed E-state index contributed by atoms with van der Waals surface area (Å²) >= 11 is 0. The van der Waals surface area contributed by atoms with Crippen molar-refractivity contribution in [2.75, 3.05) is 11.9 Å². The van der Waals surface area contributed by atoms with Gasteiger partial charge in [0.15, 0.2) is 0 Å². The second-order valence-corrected chi connectivity index (χ2v) is 6.29. The molecular weight excluding hydrogens is 273 g/mol. The number of ether oxygens (including phenoxy) is 1. The van der Waals surface area contributed by atoms with Crippen LogP contribution in [-0.2, 0) is 9.30 Å². The van der Waals surface area contributed by atoms with Gasteiger partial charge in [0.25, 0.3) is 0 Å². The monoisotopic (exact) mass is 289 g/mol. The summed E-state index contributed by atoms with van der Waals surface area (Å²) < 4.78 is 17.7. The second kappa shape index (κ2) is 5.42. The summed E-state index contributed by atoms with van der Waals surface area (Å²) in [5, 5.41) is 0. The summed E-state index contributed by atoms with van der Waals surface area (Å²) in [6, 6.07) is 1.51. The van der Waals surface area contributed by atoms with Gasteiger partial charge in [0.2, 0.25) is 0 Å². The van der Waals surface area contributed by atoms with E-state index in [9.17, 15) is 9.36 Å². The van der Waals surface area contributed by atoms with Crippen molar-refractivity contribution in [1.29, 1.82) is 0 Å². The Balaban J connectivity index is 1.98. The summed E-state index contributed by atoms with van der Waals surface area (Å²) in [5.74, 6) is 0.150. The van der Waals surface area contributed by atoms with Gasteiger partial charge in [-0.2, -0.15) is 4.98 Å². The molecule has 1 saturated heterocycles. The maximum atomic E-state index is 11.6. The Labute approximate surface area is 109 Å². The Kier molecular flexibility index (Phi) is 4.05. The van der Waals surface area contributed by atoms with Gasteiger partial charge >= 0.3 is 13.3 Å². The van der Waals surface area contributed by atoms with Crippen molar-refractivity contribution in [2.24, 2.45) is 0 Å². The minimum Gasteiger partial charge on any atom is -0.383 e. The first-order valence-electron chi connectivity index (χ1n) is 5.90. The number of hydrogen-bond donors (Lipinski definition) is 3.